The molecular formula is C32H27N3O6. The SMILES string of the molecule is COc1ccc(N2C=C(c3cccc([N+](=O)[O-])c3)Nc3c2cc(OC)c2cccc(OC)c32)c2c(OC)cccc12. The number of nitrogens with zero attached hydrogens (tertiary/aromatic N) is 2. The van der Waals surface area contributed by atoms with Gasteiger partial charge in [-0.25, -0.2) is 0 Å². The van der Waals surface area contributed by atoms with E-state index in [0.717, 1.165) is 38.6 Å². The van der Waals surface area contributed by atoms with Crippen molar-refractivity contribution in [3.63, 3.8) is 0 Å². The van der Waals surface area contributed by atoms with Crippen LogP contribution in [0.4, 0.5) is 22.7 Å². The molecule has 0 fully saturated rings. The quantitative estimate of drug-likeness (QED) is 0.165. The highest BCUT2D eigenvalue weighted by molar-refractivity contribution is 6.14. The van der Waals surface area contributed by atoms with E-state index in [-0.39, 0.29) is 5.69 Å². The van der Waals surface area contributed by atoms with Crippen molar-refractivity contribution >= 4 is 50.0 Å². The number of nitro benzene ring substituents is 1. The van der Waals surface area contributed by atoms with E-state index >= 15 is 0 Å². The number of hydrogen-bond donors (Lipinski definition) is 1. The lowest BCUT2D eigenvalue weighted by molar-refractivity contribution is -0.384. The third-order valence-corrected chi connectivity index (χ3v) is 7.29. The molecule has 0 spiro atoms. The van der Waals surface area contributed by atoms with Crippen LogP contribution in [0.15, 0.2) is 85.1 Å². The van der Waals surface area contributed by atoms with Gasteiger partial charge in [-0.05, 0) is 24.3 Å². The smallest absolute Gasteiger partial charge is 0.270 e. The van der Waals surface area contributed by atoms with Gasteiger partial charge < -0.3 is 29.2 Å². The minimum atomic E-state index is -0.399. The minimum absolute atomic E-state index is 0.00344. The van der Waals surface area contributed by atoms with Crippen LogP contribution in [0.25, 0.3) is 27.2 Å². The first-order valence-electron chi connectivity index (χ1n) is 12.8. The molecule has 41 heavy (non-hydrogen) atoms. The Bertz CT molecular complexity index is 1870. The van der Waals surface area contributed by atoms with E-state index in [4.69, 9.17) is 18.9 Å². The van der Waals surface area contributed by atoms with E-state index in [9.17, 15) is 10.1 Å². The molecule has 0 unspecified atom stereocenters. The van der Waals surface area contributed by atoms with Crippen molar-refractivity contribution in [2.75, 3.05) is 38.7 Å². The van der Waals surface area contributed by atoms with Crippen LogP contribution in [-0.2, 0) is 0 Å². The maximum absolute atomic E-state index is 11.6. The second kappa shape index (κ2) is 10.3. The number of anilines is 3. The molecule has 5 aromatic rings. The third kappa shape index (κ3) is 4.19. The van der Waals surface area contributed by atoms with Crippen LogP contribution in [-0.4, -0.2) is 33.4 Å². The molecule has 0 saturated carbocycles. The Morgan fingerprint density at radius 1 is 0.683 bits per heavy atom. The third-order valence-electron chi connectivity index (χ3n) is 7.29. The number of benzene rings is 5. The number of rotatable bonds is 7. The molecule has 206 valence electrons. The van der Waals surface area contributed by atoms with Crippen LogP contribution < -0.4 is 29.2 Å². The Hall–Kier alpha value is -5.44. The van der Waals surface area contributed by atoms with Gasteiger partial charge in [0.2, 0.25) is 0 Å². The first kappa shape index (κ1) is 25.8. The fourth-order valence-electron chi connectivity index (χ4n) is 5.43. The molecular weight excluding hydrogens is 522 g/mol. The van der Waals surface area contributed by atoms with E-state index in [1.54, 1.807) is 40.6 Å². The van der Waals surface area contributed by atoms with Crippen molar-refractivity contribution < 1.29 is 23.9 Å². The van der Waals surface area contributed by atoms with Crippen LogP contribution in [0, 0.1) is 10.1 Å². The first-order chi connectivity index (χ1) is 20.0. The summed E-state index contributed by atoms with van der Waals surface area (Å²) in [6.45, 7) is 0. The number of hydrogen-bond acceptors (Lipinski definition) is 8. The molecule has 0 aromatic heterocycles. The minimum Gasteiger partial charge on any atom is -0.496 e. The summed E-state index contributed by atoms with van der Waals surface area (Å²) in [6, 6.07) is 24.0. The first-order valence-corrected chi connectivity index (χ1v) is 12.8. The van der Waals surface area contributed by atoms with Crippen molar-refractivity contribution in [1.82, 2.24) is 0 Å². The van der Waals surface area contributed by atoms with Gasteiger partial charge in [-0.15, -0.1) is 0 Å². The van der Waals surface area contributed by atoms with Gasteiger partial charge in [-0.1, -0.05) is 36.4 Å². The fourth-order valence-corrected chi connectivity index (χ4v) is 5.43. The molecule has 9 heteroatoms. The highest BCUT2D eigenvalue weighted by Crippen LogP contribution is 2.51. The van der Waals surface area contributed by atoms with Crippen molar-refractivity contribution in [3.8, 4) is 23.0 Å². The zero-order valence-electron chi connectivity index (χ0n) is 22.9. The number of fused-ring (bicyclic) bond motifs is 4. The van der Waals surface area contributed by atoms with Gasteiger partial charge in [0, 0.05) is 40.7 Å². The van der Waals surface area contributed by atoms with Crippen molar-refractivity contribution in [3.05, 3.63) is 101 Å². The van der Waals surface area contributed by atoms with Gasteiger partial charge in [0.25, 0.3) is 5.69 Å². The molecule has 0 saturated heterocycles. The molecule has 1 aliphatic heterocycles. The highest BCUT2D eigenvalue weighted by Gasteiger charge is 2.28. The van der Waals surface area contributed by atoms with E-state index in [1.165, 1.54) is 6.07 Å². The molecule has 9 nitrogen and oxygen atoms in total. The second-order valence-corrected chi connectivity index (χ2v) is 9.37. The number of nitrogens with one attached hydrogen (secondary N) is 1. The summed E-state index contributed by atoms with van der Waals surface area (Å²) in [5, 5.41) is 18.6. The Morgan fingerprint density at radius 3 is 1.98 bits per heavy atom. The molecule has 0 radical (unpaired) electrons. The fraction of sp³-hybridized carbons (Fsp3) is 0.125. The average Bonchev–Trinajstić information content (AvgIpc) is 3.02. The van der Waals surface area contributed by atoms with E-state index in [2.05, 4.69) is 5.32 Å². The predicted molar refractivity (Wildman–Crippen MR) is 161 cm³/mol. The summed E-state index contributed by atoms with van der Waals surface area (Å²) in [7, 11) is 6.53. The van der Waals surface area contributed by atoms with E-state index in [0.29, 0.717) is 34.3 Å². The molecule has 0 amide bonds. The van der Waals surface area contributed by atoms with Gasteiger partial charge in [-0.2, -0.15) is 0 Å². The summed E-state index contributed by atoms with van der Waals surface area (Å²) < 4.78 is 23.2. The van der Waals surface area contributed by atoms with Crippen LogP contribution in [0.5, 0.6) is 23.0 Å². The second-order valence-electron chi connectivity index (χ2n) is 9.37. The molecule has 0 atom stereocenters. The summed E-state index contributed by atoms with van der Waals surface area (Å²) in [5.41, 5.74) is 3.69. The Kier molecular flexibility index (Phi) is 6.47. The molecule has 0 aliphatic carbocycles. The monoisotopic (exact) mass is 549 g/mol. The maximum atomic E-state index is 11.6. The predicted octanol–water partition coefficient (Wildman–Crippen LogP) is 7.50. The number of non-ortho nitro benzene ring substituents is 1. The Labute approximate surface area is 236 Å². The zero-order chi connectivity index (χ0) is 28.7. The number of methoxy groups -OCH3 is 4. The van der Waals surface area contributed by atoms with E-state index < -0.39 is 4.92 Å². The maximum Gasteiger partial charge on any atom is 0.270 e. The van der Waals surface area contributed by atoms with Crippen LogP contribution in [0.3, 0.4) is 0 Å². The summed E-state index contributed by atoms with van der Waals surface area (Å²) in [4.78, 5) is 13.3. The average molecular weight is 550 g/mol. The van der Waals surface area contributed by atoms with Crippen molar-refractivity contribution in [2.45, 2.75) is 0 Å². The topological polar surface area (TPSA) is 95.3 Å². The van der Waals surface area contributed by atoms with Crippen LogP contribution in [0.1, 0.15) is 5.56 Å². The molecule has 0 bridgehead atoms. The summed E-state index contributed by atoms with van der Waals surface area (Å²) >= 11 is 0. The number of nitro groups is 1. The van der Waals surface area contributed by atoms with Crippen LogP contribution in [0.2, 0.25) is 0 Å². The van der Waals surface area contributed by atoms with Gasteiger partial charge in [0.15, 0.2) is 0 Å². The van der Waals surface area contributed by atoms with Crippen molar-refractivity contribution in [2.24, 2.45) is 0 Å². The number of ether oxygens (including phenoxy) is 4. The van der Waals surface area contributed by atoms with E-state index in [1.807, 2.05) is 71.8 Å². The van der Waals surface area contributed by atoms with Gasteiger partial charge in [0.1, 0.15) is 23.0 Å². The van der Waals surface area contributed by atoms with Gasteiger partial charge in [-0.3, -0.25) is 10.1 Å². The lowest BCUT2D eigenvalue weighted by Gasteiger charge is -2.33. The largest absolute Gasteiger partial charge is 0.496 e. The lowest BCUT2D eigenvalue weighted by Crippen LogP contribution is -2.20. The molecule has 5 aromatic carbocycles. The molecule has 6 rings (SSSR count). The van der Waals surface area contributed by atoms with Crippen molar-refractivity contribution in [1.29, 1.82) is 0 Å². The van der Waals surface area contributed by atoms with Gasteiger partial charge >= 0.3 is 0 Å². The normalized spacial score (nSPS) is 12.4. The Balaban J connectivity index is 1.72. The molecule has 1 N–H and O–H groups in total. The standard InChI is InChI=1S/C32H27N3O6/c1-38-26-15-14-24(30-21(26)10-6-12-27(30)39-2)34-18-23(19-8-5-9-20(16-19)35(36)37)33-32-25(34)17-29(41-4)22-11-7-13-28(40-3)31(22)32/h5-18,33H,1-4H3. The Morgan fingerprint density at radius 2 is 1.32 bits per heavy atom. The summed E-state index contributed by atoms with van der Waals surface area (Å²) in [5.74, 6) is 2.70. The van der Waals surface area contributed by atoms with Crippen LogP contribution >= 0.6 is 0 Å². The van der Waals surface area contributed by atoms with Gasteiger partial charge in [0.05, 0.1) is 66.9 Å². The molecule has 1 heterocycles. The zero-order valence-corrected chi connectivity index (χ0v) is 22.9. The molecule has 1 aliphatic rings. The highest BCUT2D eigenvalue weighted by atomic mass is 16.6. The summed E-state index contributed by atoms with van der Waals surface area (Å²) in [6.07, 6.45) is 1.93. The lowest BCUT2D eigenvalue weighted by atomic mass is 9.99.